The van der Waals surface area contributed by atoms with Gasteiger partial charge in [-0.2, -0.15) is 0 Å². The molecule has 3 heteroatoms. The Labute approximate surface area is 266 Å². The van der Waals surface area contributed by atoms with E-state index in [0.717, 1.165) is 33.9 Å². The Balaban J connectivity index is 1.34. The molecule has 1 aliphatic carbocycles. The van der Waals surface area contributed by atoms with E-state index in [1.165, 1.54) is 48.0 Å². The molecule has 0 amide bonds. The molecular weight excluding hydrogens is 565 g/mol. The van der Waals surface area contributed by atoms with Crippen LogP contribution in [0, 0.1) is 0 Å². The Morgan fingerprint density at radius 1 is 0.511 bits per heavy atom. The third kappa shape index (κ3) is 3.94. The highest BCUT2D eigenvalue weighted by atomic mass is 32.1. The van der Waals surface area contributed by atoms with Gasteiger partial charge < -0.3 is 0 Å². The van der Waals surface area contributed by atoms with Crippen molar-refractivity contribution in [2.45, 2.75) is 12.3 Å². The van der Waals surface area contributed by atoms with Gasteiger partial charge >= 0.3 is 0 Å². The summed E-state index contributed by atoms with van der Waals surface area (Å²) >= 11 is 1.83. The number of nitrogens with zero attached hydrogens (tertiary/aromatic N) is 2. The minimum absolute atomic E-state index is 0.275. The van der Waals surface area contributed by atoms with Crippen LogP contribution in [0.15, 0.2) is 152 Å². The average Bonchev–Trinajstić information content (AvgIpc) is 3.63. The van der Waals surface area contributed by atoms with Crippen LogP contribution in [0.4, 0.5) is 0 Å². The van der Waals surface area contributed by atoms with Crippen molar-refractivity contribution in [3.8, 4) is 45.0 Å². The molecule has 1 unspecified atom stereocenters. The molecule has 45 heavy (non-hydrogen) atoms. The quantitative estimate of drug-likeness (QED) is 0.203. The maximum absolute atomic E-state index is 5.29. The Bertz CT molecular complexity index is 2390. The molecular formula is C42H28N2S. The molecule has 0 saturated heterocycles. The van der Waals surface area contributed by atoms with Crippen LogP contribution >= 0.6 is 11.3 Å². The summed E-state index contributed by atoms with van der Waals surface area (Å²) in [5.74, 6) is 0.731. The van der Waals surface area contributed by atoms with Crippen LogP contribution < -0.4 is 0 Å². The van der Waals surface area contributed by atoms with Gasteiger partial charge in [-0.25, -0.2) is 9.97 Å². The standard InChI is InChI=1S/C42H28N2S/c1-42(28-16-6-3-7-17-28)33-22-10-8-18-29(33)39-30(20-12-23-34(39)42)35-26-36(44-41(43-35)27-14-4-2-5-15-27)31-21-13-25-38-40(31)32-19-9-11-24-37(32)45-38/h2-26H,1H3. The molecule has 0 radical (unpaired) electrons. The molecule has 1 aliphatic rings. The second kappa shape index (κ2) is 10.1. The van der Waals surface area contributed by atoms with E-state index in [4.69, 9.17) is 9.97 Å². The lowest BCUT2D eigenvalue weighted by molar-refractivity contribution is 0.714. The summed E-state index contributed by atoms with van der Waals surface area (Å²) in [5, 5.41) is 2.52. The Morgan fingerprint density at radius 3 is 1.96 bits per heavy atom. The zero-order chi connectivity index (χ0) is 30.0. The van der Waals surface area contributed by atoms with Crippen LogP contribution in [-0.4, -0.2) is 9.97 Å². The number of rotatable bonds is 4. The SMILES string of the molecule is CC1(c2ccccc2)c2ccccc2-c2c(-c3cc(-c4cccc5sc6ccccc6c45)nc(-c4ccccc4)n3)cccc21. The Hall–Kier alpha value is -5.38. The van der Waals surface area contributed by atoms with E-state index in [0.29, 0.717) is 0 Å². The van der Waals surface area contributed by atoms with E-state index in [9.17, 15) is 0 Å². The van der Waals surface area contributed by atoms with Crippen LogP contribution in [0.2, 0.25) is 0 Å². The second-order valence-electron chi connectivity index (χ2n) is 11.9. The van der Waals surface area contributed by atoms with Gasteiger partial charge in [0, 0.05) is 42.3 Å². The maximum atomic E-state index is 5.29. The molecule has 8 aromatic rings. The van der Waals surface area contributed by atoms with Crippen LogP contribution in [0.25, 0.3) is 65.2 Å². The second-order valence-corrected chi connectivity index (χ2v) is 13.0. The number of hydrogen-bond acceptors (Lipinski definition) is 3. The lowest BCUT2D eigenvalue weighted by Gasteiger charge is -2.28. The van der Waals surface area contributed by atoms with Crippen molar-refractivity contribution >= 4 is 31.5 Å². The van der Waals surface area contributed by atoms with E-state index in [2.05, 4.69) is 153 Å². The number of hydrogen-bond donors (Lipinski definition) is 0. The number of benzene rings is 6. The molecule has 6 aromatic carbocycles. The first-order valence-electron chi connectivity index (χ1n) is 15.3. The van der Waals surface area contributed by atoms with E-state index in [1.54, 1.807) is 0 Å². The number of fused-ring (bicyclic) bond motifs is 6. The predicted octanol–water partition coefficient (Wildman–Crippen LogP) is 11.2. The minimum Gasteiger partial charge on any atom is -0.228 e. The number of thiophene rings is 1. The van der Waals surface area contributed by atoms with E-state index in [-0.39, 0.29) is 5.41 Å². The summed E-state index contributed by atoms with van der Waals surface area (Å²) in [5.41, 5.74) is 11.3. The van der Waals surface area contributed by atoms with Crippen molar-refractivity contribution < 1.29 is 0 Å². The third-order valence-corrected chi connectivity index (χ3v) is 10.5. The Morgan fingerprint density at radius 2 is 1.11 bits per heavy atom. The van der Waals surface area contributed by atoms with Crippen LogP contribution in [0.1, 0.15) is 23.6 Å². The Kier molecular flexibility index (Phi) is 5.84. The van der Waals surface area contributed by atoms with Crippen molar-refractivity contribution in [3.05, 3.63) is 168 Å². The normalized spacial score (nSPS) is 15.3. The molecule has 0 spiro atoms. The molecule has 0 N–H and O–H groups in total. The molecule has 1 atom stereocenters. The van der Waals surface area contributed by atoms with Gasteiger partial charge in [0.15, 0.2) is 5.82 Å². The fourth-order valence-corrected chi connectivity index (χ4v) is 8.40. The summed E-state index contributed by atoms with van der Waals surface area (Å²) in [6, 6.07) is 54.3. The highest BCUT2D eigenvalue weighted by Crippen LogP contribution is 2.55. The van der Waals surface area contributed by atoms with Gasteiger partial charge in [-0.15, -0.1) is 11.3 Å². The van der Waals surface area contributed by atoms with Crippen molar-refractivity contribution in [2.24, 2.45) is 0 Å². The molecule has 2 aromatic heterocycles. The van der Waals surface area contributed by atoms with Gasteiger partial charge in [0.1, 0.15) is 0 Å². The van der Waals surface area contributed by atoms with Gasteiger partial charge in [0.05, 0.1) is 11.4 Å². The van der Waals surface area contributed by atoms with Crippen LogP contribution in [0.3, 0.4) is 0 Å². The van der Waals surface area contributed by atoms with Crippen molar-refractivity contribution in [3.63, 3.8) is 0 Å². The highest BCUT2D eigenvalue weighted by molar-refractivity contribution is 7.25. The fourth-order valence-electron chi connectivity index (χ4n) is 7.26. The first-order valence-corrected chi connectivity index (χ1v) is 16.2. The number of aromatic nitrogens is 2. The molecule has 0 aliphatic heterocycles. The highest BCUT2D eigenvalue weighted by Gasteiger charge is 2.41. The summed E-state index contributed by atoms with van der Waals surface area (Å²) in [6.45, 7) is 2.36. The zero-order valence-electron chi connectivity index (χ0n) is 24.7. The van der Waals surface area contributed by atoms with Gasteiger partial charge in [0.2, 0.25) is 0 Å². The van der Waals surface area contributed by atoms with E-state index < -0.39 is 0 Å². The molecule has 0 bridgehead atoms. The topological polar surface area (TPSA) is 25.8 Å². The predicted molar refractivity (Wildman–Crippen MR) is 189 cm³/mol. The maximum Gasteiger partial charge on any atom is 0.160 e. The largest absolute Gasteiger partial charge is 0.228 e. The van der Waals surface area contributed by atoms with Gasteiger partial charge in [0.25, 0.3) is 0 Å². The molecule has 9 rings (SSSR count). The summed E-state index contributed by atoms with van der Waals surface area (Å²) < 4.78 is 2.55. The van der Waals surface area contributed by atoms with Gasteiger partial charge in [-0.05, 0) is 52.9 Å². The molecule has 2 heterocycles. The smallest absolute Gasteiger partial charge is 0.160 e. The average molecular weight is 593 g/mol. The lowest BCUT2D eigenvalue weighted by Crippen LogP contribution is -2.22. The van der Waals surface area contributed by atoms with E-state index in [1.807, 2.05) is 17.4 Å². The monoisotopic (exact) mass is 592 g/mol. The molecule has 0 fully saturated rings. The summed E-state index contributed by atoms with van der Waals surface area (Å²) in [4.78, 5) is 10.5. The zero-order valence-corrected chi connectivity index (χ0v) is 25.6. The van der Waals surface area contributed by atoms with Crippen molar-refractivity contribution in [1.29, 1.82) is 0 Å². The summed E-state index contributed by atoms with van der Waals surface area (Å²) in [7, 11) is 0. The lowest BCUT2D eigenvalue weighted by atomic mass is 9.74. The van der Waals surface area contributed by atoms with Crippen molar-refractivity contribution in [1.82, 2.24) is 9.97 Å². The molecule has 2 nitrogen and oxygen atoms in total. The summed E-state index contributed by atoms with van der Waals surface area (Å²) in [6.07, 6.45) is 0. The molecule has 212 valence electrons. The first-order chi connectivity index (χ1) is 22.2. The van der Waals surface area contributed by atoms with E-state index >= 15 is 0 Å². The fraction of sp³-hybridized carbons (Fsp3) is 0.0476. The third-order valence-electron chi connectivity index (χ3n) is 9.40. The van der Waals surface area contributed by atoms with Gasteiger partial charge in [-0.1, -0.05) is 133 Å². The van der Waals surface area contributed by atoms with Crippen molar-refractivity contribution in [2.75, 3.05) is 0 Å². The molecule has 0 saturated carbocycles. The van der Waals surface area contributed by atoms with Crippen LogP contribution in [0.5, 0.6) is 0 Å². The minimum atomic E-state index is -0.275. The van der Waals surface area contributed by atoms with Gasteiger partial charge in [-0.3, -0.25) is 0 Å². The first kappa shape index (κ1) is 26.1. The van der Waals surface area contributed by atoms with Crippen LogP contribution in [-0.2, 0) is 5.41 Å².